The second kappa shape index (κ2) is 11.1. The number of piperidine rings is 1. The lowest BCUT2D eigenvalue weighted by Gasteiger charge is -2.32. The van der Waals surface area contributed by atoms with Crippen LogP contribution in [0.4, 0.5) is 4.79 Å². The first-order valence-corrected chi connectivity index (χ1v) is 9.38. The van der Waals surface area contributed by atoms with Crippen LogP contribution in [0.15, 0.2) is 27.8 Å². The predicted octanol–water partition coefficient (Wildman–Crippen LogP) is 1.07. The molecule has 2 amide bonds. The minimum Gasteiger partial charge on any atom is -0.467 e. The lowest BCUT2D eigenvalue weighted by atomic mass is 10.1. The molecule has 1 fully saturated rings. The molecule has 0 unspecified atom stereocenters. The monoisotopic (exact) mass is 379 g/mol. The first kappa shape index (κ1) is 20.6. The summed E-state index contributed by atoms with van der Waals surface area (Å²) in [5.41, 5.74) is 0. The topological polar surface area (TPSA) is 108 Å². The van der Waals surface area contributed by atoms with E-state index in [-0.39, 0.29) is 24.6 Å². The lowest BCUT2D eigenvalue weighted by molar-refractivity contribution is -0.119. The summed E-state index contributed by atoms with van der Waals surface area (Å²) in [5.74, 6) is 1.12. The summed E-state index contributed by atoms with van der Waals surface area (Å²) >= 11 is 0. The van der Waals surface area contributed by atoms with Gasteiger partial charge in [-0.15, -0.1) is 0 Å². The number of hydrogen-bond donors (Lipinski definition) is 3. The molecule has 2 rings (SSSR count). The van der Waals surface area contributed by atoms with Crippen LogP contribution >= 0.6 is 0 Å². The number of carbonyl (C=O) groups is 2. The Morgan fingerprint density at radius 1 is 1.30 bits per heavy atom. The van der Waals surface area contributed by atoms with Crippen molar-refractivity contribution in [1.82, 2.24) is 20.9 Å². The number of rotatable bonds is 7. The van der Waals surface area contributed by atoms with Crippen LogP contribution in [0, 0.1) is 0 Å². The van der Waals surface area contributed by atoms with Crippen LogP contribution < -0.4 is 16.0 Å². The normalized spacial score (nSPS) is 15.3. The van der Waals surface area contributed by atoms with Gasteiger partial charge in [0.05, 0.1) is 19.4 Å². The van der Waals surface area contributed by atoms with Gasteiger partial charge in [-0.2, -0.15) is 0 Å². The third kappa shape index (κ3) is 7.20. The van der Waals surface area contributed by atoms with Crippen LogP contribution in [0.1, 0.15) is 32.4 Å². The maximum atomic E-state index is 11.9. The molecule has 0 radical (unpaired) electrons. The minimum absolute atomic E-state index is 0.0255. The number of nitrogens with zero attached hydrogens (tertiary/aromatic N) is 2. The number of likely N-dealkylation sites (tertiary alicyclic amines) is 1. The van der Waals surface area contributed by atoms with E-state index in [0.29, 0.717) is 44.5 Å². The van der Waals surface area contributed by atoms with Crippen molar-refractivity contribution in [3.05, 3.63) is 24.2 Å². The summed E-state index contributed by atoms with van der Waals surface area (Å²) in [6.07, 6.45) is 2.91. The first-order chi connectivity index (χ1) is 13.1. The van der Waals surface area contributed by atoms with Gasteiger partial charge in [-0.3, -0.25) is 4.79 Å². The molecule has 0 bridgehead atoms. The average Bonchev–Trinajstić information content (AvgIpc) is 3.19. The van der Waals surface area contributed by atoms with Crippen LogP contribution in [0.2, 0.25) is 0 Å². The second-order valence-corrected chi connectivity index (χ2v) is 6.16. The van der Waals surface area contributed by atoms with E-state index in [0.717, 1.165) is 12.8 Å². The Morgan fingerprint density at radius 3 is 2.70 bits per heavy atom. The van der Waals surface area contributed by atoms with Crippen molar-refractivity contribution in [2.24, 2.45) is 4.99 Å². The molecule has 3 N–H and O–H groups in total. The quantitative estimate of drug-likeness (QED) is 0.483. The summed E-state index contributed by atoms with van der Waals surface area (Å²) in [7, 11) is 0. The Hall–Kier alpha value is -2.71. The molecule has 1 aliphatic rings. The van der Waals surface area contributed by atoms with Crippen molar-refractivity contribution < 1.29 is 18.7 Å². The van der Waals surface area contributed by atoms with Crippen molar-refractivity contribution in [2.45, 2.75) is 39.3 Å². The molecule has 0 spiro atoms. The van der Waals surface area contributed by atoms with Gasteiger partial charge in [0.25, 0.3) is 0 Å². The highest BCUT2D eigenvalue weighted by molar-refractivity contribution is 5.85. The molecule has 150 valence electrons. The molecular weight excluding hydrogens is 350 g/mol. The molecule has 0 saturated carbocycles. The van der Waals surface area contributed by atoms with Crippen LogP contribution in [-0.2, 0) is 16.1 Å². The van der Waals surface area contributed by atoms with Gasteiger partial charge in [0.1, 0.15) is 12.3 Å². The number of aliphatic imine (C=N–C) groups is 1. The standard InChI is InChI=1S/C18H29N5O4/c1-3-19-17(21-13-16(24)20-12-15-6-5-11-27-15)22-14-7-9-23(10-8-14)18(25)26-4-2/h5-6,11,14H,3-4,7-10,12-13H2,1-2H3,(H,20,24)(H2,19,21,22). The maximum absolute atomic E-state index is 11.9. The highest BCUT2D eigenvalue weighted by atomic mass is 16.6. The number of guanidine groups is 1. The zero-order valence-corrected chi connectivity index (χ0v) is 16.0. The molecule has 9 nitrogen and oxygen atoms in total. The van der Waals surface area contributed by atoms with E-state index in [1.54, 1.807) is 30.2 Å². The molecular formula is C18H29N5O4. The SMILES string of the molecule is CCNC(=NCC(=O)NCc1ccco1)NC1CCN(C(=O)OCC)CC1. The van der Waals surface area contributed by atoms with Crippen molar-refractivity contribution in [1.29, 1.82) is 0 Å². The number of carbonyl (C=O) groups excluding carboxylic acids is 2. The van der Waals surface area contributed by atoms with Crippen molar-refractivity contribution in [3.8, 4) is 0 Å². The highest BCUT2D eigenvalue weighted by Crippen LogP contribution is 2.11. The molecule has 1 aliphatic heterocycles. The summed E-state index contributed by atoms with van der Waals surface area (Å²) in [6, 6.07) is 3.78. The molecule has 0 aliphatic carbocycles. The second-order valence-electron chi connectivity index (χ2n) is 6.16. The average molecular weight is 379 g/mol. The molecule has 27 heavy (non-hydrogen) atoms. The fraction of sp³-hybridized carbons (Fsp3) is 0.611. The lowest BCUT2D eigenvalue weighted by Crippen LogP contribution is -2.50. The zero-order valence-electron chi connectivity index (χ0n) is 16.0. The van der Waals surface area contributed by atoms with E-state index in [2.05, 4.69) is 20.9 Å². The molecule has 1 aromatic rings. The highest BCUT2D eigenvalue weighted by Gasteiger charge is 2.24. The molecule has 1 saturated heterocycles. The molecule has 0 aromatic carbocycles. The van der Waals surface area contributed by atoms with Gasteiger partial charge in [0.2, 0.25) is 5.91 Å². The Morgan fingerprint density at radius 2 is 2.07 bits per heavy atom. The summed E-state index contributed by atoms with van der Waals surface area (Å²) < 4.78 is 10.2. The number of ether oxygens (including phenoxy) is 1. The van der Waals surface area contributed by atoms with Gasteiger partial charge in [0.15, 0.2) is 5.96 Å². The summed E-state index contributed by atoms with van der Waals surface area (Å²) in [4.78, 5) is 29.7. The Bertz CT molecular complexity index is 609. The Kier molecular flexibility index (Phi) is 8.47. The first-order valence-electron chi connectivity index (χ1n) is 9.38. The van der Waals surface area contributed by atoms with Gasteiger partial charge in [-0.25, -0.2) is 9.79 Å². The van der Waals surface area contributed by atoms with Gasteiger partial charge < -0.3 is 30.0 Å². The van der Waals surface area contributed by atoms with E-state index in [1.165, 1.54) is 0 Å². The zero-order chi connectivity index (χ0) is 19.5. The van der Waals surface area contributed by atoms with Crippen LogP contribution in [0.25, 0.3) is 0 Å². The van der Waals surface area contributed by atoms with E-state index in [1.807, 2.05) is 6.92 Å². The van der Waals surface area contributed by atoms with Crippen molar-refractivity contribution in [2.75, 3.05) is 32.8 Å². The molecule has 0 atom stereocenters. The van der Waals surface area contributed by atoms with Gasteiger partial charge in [-0.1, -0.05) is 0 Å². The molecule has 1 aromatic heterocycles. The number of nitrogens with one attached hydrogen (secondary N) is 3. The van der Waals surface area contributed by atoms with Crippen LogP contribution in [0.5, 0.6) is 0 Å². The number of hydrogen-bond acceptors (Lipinski definition) is 5. The van der Waals surface area contributed by atoms with Gasteiger partial charge in [0, 0.05) is 25.7 Å². The van der Waals surface area contributed by atoms with Crippen LogP contribution in [-0.4, -0.2) is 61.7 Å². The number of amides is 2. The van der Waals surface area contributed by atoms with E-state index < -0.39 is 0 Å². The van der Waals surface area contributed by atoms with Crippen LogP contribution in [0.3, 0.4) is 0 Å². The fourth-order valence-electron chi connectivity index (χ4n) is 2.74. The minimum atomic E-state index is -0.259. The van der Waals surface area contributed by atoms with Gasteiger partial charge >= 0.3 is 6.09 Å². The fourth-order valence-corrected chi connectivity index (χ4v) is 2.74. The van der Waals surface area contributed by atoms with E-state index in [9.17, 15) is 9.59 Å². The van der Waals surface area contributed by atoms with E-state index >= 15 is 0 Å². The Labute approximate surface area is 159 Å². The smallest absolute Gasteiger partial charge is 0.409 e. The predicted molar refractivity (Wildman–Crippen MR) is 101 cm³/mol. The third-order valence-electron chi connectivity index (χ3n) is 4.13. The Balaban J connectivity index is 1.76. The number of furan rings is 1. The van der Waals surface area contributed by atoms with Gasteiger partial charge in [-0.05, 0) is 38.8 Å². The molecule has 2 heterocycles. The molecule has 9 heteroatoms. The van der Waals surface area contributed by atoms with E-state index in [4.69, 9.17) is 9.15 Å². The largest absolute Gasteiger partial charge is 0.467 e. The summed E-state index contributed by atoms with van der Waals surface area (Å²) in [6.45, 7) is 6.50. The van der Waals surface area contributed by atoms with Crippen molar-refractivity contribution >= 4 is 18.0 Å². The van der Waals surface area contributed by atoms with Crippen molar-refractivity contribution in [3.63, 3.8) is 0 Å². The summed E-state index contributed by atoms with van der Waals surface area (Å²) in [5, 5.41) is 9.24. The third-order valence-corrected chi connectivity index (χ3v) is 4.13. The maximum Gasteiger partial charge on any atom is 0.409 e.